The lowest BCUT2D eigenvalue weighted by molar-refractivity contribution is 0.0685. The predicted molar refractivity (Wildman–Crippen MR) is 54.7 cm³/mol. The van der Waals surface area contributed by atoms with Gasteiger partial charge in [0.15, 0.2) is 11.5 Å². The number of carboxylic acids is 1. The topological polar surface area (TPSA) is 66.6 Å². The van der Waals surface area contributed by atoms with Crippen LogP contribution in [0, 0.1) is 0 Å². The summed E-state index contributed by atoms with van der Waals surface area (Å²) >= 11 is 0. The Morgan fingerprint density at radius 2 is 2.33 bits per heavy atom. The van der Waals surface area contributed by atoms with Gasteiger partial charge in [-0.05, 0) is 20.4 Å². The lowest BCUT2D eigenvalue weighted by atomic mass is 10.3. The Morgan fingerprint density at radius 3 is 2.73 bits per heavy atom. The summed E-state index contributed by atoms with van der Waals surface area (Å²) in [6, 6.07) is 1.86. The Bertz CT molecular complexity index is 333. The maximum absolute atomic E-state index is 10.6. The molecule has 0 radical (unpaired) electrons. The van der Waals surface area contributed by atoms with Gasteiger partial charge in [-0.1, -0.05) is 12.1 Å². The second-order valence-electron chi connectivity index (χ2n) is 3.64. The van der Waals surface area contributed by atoms with Crippen LogP contribution in [0.2, 0.25) is 0 Å². The molecule has 0 amide bonds. The van der Waals surface area contributed by atoms with Gasteiger partial charge < -0.3 is 9.63 Å². The lowest BCUT2D eigenvalue weighted by Gasteiger charge is -2.22. The molecule has 0 spiro atoms. The van der Waals surface area contributed by atoms with Crippen molar-refractivity contribution in [3.05, 3.63) is 17.5 Å². The molecule has 15 heavy (non-hydrogen) atoms. The number of carbonyl (C=O) groups is 1. The number of hydrogen-bond acceptors (Lipinski definition) is 4. The van der Waals surface area contributed by atoms with E-state index in [1.165, 1.54) is 6.07 Å². The van der Waals surface area contributed by atoms with Crippen LogP contribution in [-0.4, -0.2) is 33.7 Å². The van der Waals surface area contributed by atoms with E-state index in [9.17, 15) is 4.79 Å². The number of carboxylic acid groups (broad SMARTS) is 1. The van der Waals surface area contributed by atoms with Gasteiger partial charge in [0, 0.05) is 12.1 Å². The van der Waals surface area contributed by atoms with E-state index < -0.39 is 5.97 Å². The molecule has 0 aliphatic rings. The van der Waals surface area contributed by atoms with Gasteiger partial charge in [0.1, 0.15) is 0 Å². The minimum absolute atomic E-state index is 0.0372. The van der Waals surface area contributed by atoms with Crippen molar-refractivity contribution in [3.8, 4) is 0 Å². The van der Waals surface area contributed by atoms with E-state index >= 15 is 0 Å². The van der Waals surface area contributed by atoms with Crippen LogP contribution in [0.25, 0.3) is 0 Å². The molecule has 0 bridgehead atoms. The maximum Gasteiger partial charge on any atom is 0.358 e. The van der Waals surface area contributed by atoms with Crippen LogP contribution >= 0.6 is 0 Å². The molecule has 5 nitrogen and oxygen atoms in total. The van der Waals surface area contributed by atoms with Gasteiger partial charge in [0.2, 0.25) is 0 Å². The van der Waals surface area contributed by atoms with Crippen molar-refractivity contribution in [2.24, 2.45) is 0 Å². The Hall–Kier alpha value is -1.36. The van der Waals surface area contributed by atoms with E-state index in [4.69, 9.17) is 9.63 Å². The summed E-state index contributed by atoms with van der Waals surface area (Å²) in [7, 11) is 0. The smallest absolute Gasteiger partial charge is 0.358 e. The van der Waals surface area contributed by atoms with E-state index in [1.54, 1.807) is 0 Å². The molecule has 0 atom stereocenters. The average molecular weight is 212 g/mol. The molecule has 84 valence electrons. The van der Waals surface area contributed by atoms with Gasteiger partial charge in [-0.25, -0.2) is 4.79 Å². The highest BCUT2D eigenvalue weighted by Gasteiger charge is 2.14. The Morgan fingerprint density at radius 1 is 1.67 bits per heavy atom. The first kappa shape index (κ1) is 11.7. The first-order valence-electron chi connectivity index (χ1n) is 4.97. The van der Waals surface area contributed by atoms with E-state index in [0.29, 0.717) is 18.3 Å². The molecule has 1 heterocycles. The van der Waals surface area contributed by atoms with Crippen molar-refractivity contribution in [2.45, 2.75) is 33.4 Å². The van der Waals surface area contributed by atoms with Gasteiger partial charge in [-0.15, -0.1) is 0 Å². The first-order chi connectivity index (χ1) is 7.04. The van der Waals surface area contributed by atoms with Crippen molar-refractivity contribution in [1.82, 2.24) is 10.1 Å². The second kappa shape index (κ2) is 4.93. The number of aromatic nitrogens is 1. The maximum atomic E-state index is 10.6. The summed E-state index contributed by atoms with van der Waals surface area (Å²) in [6.07, 6.45) is 0. The van der Waals surface area contributed by atoms with Crippen LogP contribution in [0.15, 0.2) is 10.6 Å². The molecule has 1 aromatic heterocycles. The molecular weight excluding hydrogens is 196 g/mol. The van der Waals surface area contributed by atoms with Crippen LogP contribution in [0.3, 0.4) is 0 Å². The van der Waals surface area contributed by atoms with Crippen LogP contribution in [-0.2, 0) is 6.54 Å². The summed E-state index contributed by atoms with van der Waals surface area (Å²) in [4.78, 5) is 12.7. The summed E-state index contributed by atoms with van der Waals surface area (Å²) < 4.78 is 4.94. The fourth-order valence-corrected chi connectivity index (χ4v) is 1.35. The van der Waals surface area contributed by atoms with Crippen molar-refractivity contribution in [2.75, 3.05) is 6.54 Å². The zero-order valence-electron chi connectivity index (χ0n) is 9.23. The lowest BCUT2D eigenvalue weighted by Crippen LogP contribution is -2.29. The number of nitrogens with zero attached hydrogens (tertiary/aromatic N) is 2. The summed E-state index contributed by atoms with van der Waals surface area (Å²) in [5, 5.41) is 12.1. The quantitative estimate of drug-likeness (QED) is 0.803. The monoisotopic (exact) mass is 212 g/mol. The number of aromatic carboxylic acids is 1. The normalized spacial score (nSPS) is 11.3. The van der Waals surface area contributed by atoms with Crippen LogP contribution in [0.5, 0.6) is 0 Å². The molecular formula is C10H16N2O3. The fourth-order valence-electron chi connectivity index (χ4n) is 1.35. The Balaban J connectivity index is 2.67. The zero-order valence-corrected chi connectivity index (χ0v) is 9.23. The molecule has 1 aromatic rings. The van der Waals surface area contributed by atoms with E-state index in [2.05, 4.69) is 30.8 Å². The molecule has 1 rings (SSSR count). The molecule has 1 N–H and O–H groups in total. The highest BCUT2D eigenvalue weighted by molar-refractivity contribution is 5.85. The van der Waals surface area contributed by atoms with Crippen molar-refractivity contribution >= 4 is 5.97 Å². The molecule has 0 aliphatic carbocycles. The highest BCUT2D eigenvalue weighted by Crippen LogP contribution is 2.09. The molecule has 0 unspecified atom stereocenters. The average Bonchev–Trinajstić information content (AvgIpc) is 2.61. The Labute approximate surface area is 88.7 Å². The predicted octanol–water partition coefficient (Wildman–Crippen LogP) is 1.60. The zero-order chi connectivity index (χ0) is 11.4. The van der Waals surface area contributed by atoms with Gasteiger partial charge in [-0.2, -0.15) is 0 Å². The molecule has 0 aliphatic heterocycles. The number of rotatable bonds is 5. The van der Waals surface area contributed by atoms with E-state index in [-0.39, 0.29) is 5.69 Å². The SMILES string of the molecule is CCN(Cc1cc(C(=O)O)no1)C(C)C. The van der Waals surface area contributed by atoms with Crippen molar-refractivity contribution in [1.29, 1.82) is 0 Å². The third-order valence-corrected chi connectivity index (χ3v) is 2.27. The Kier molecular flexibility index (Phi) is 3.85. The second-order valence-corrected chi connectivity index (χ2v) is 3.64. The van der Waals surface area contributed by atoms with Gasteiger partial charge in [0.25, 0.3) is 0 Å². The van der Waals surface area contributed by atoms with Gasteiger partial charge in [-0.3, -0.25) is 4.90 Å². The third kappa shape index (κ3) is 3.06. The van der Waals surface area contributed by atoms with Crippen molar-refractivity contribution in [3.63, 3.8) is 0 Å². The molecule has 0 aromatic carbocycles. The number of hydrogen-bond donors (Lipinski definition) is 1. The molecule has 0 saturated heterocycles. The summed E-state index contributed by atoms with van der Waals surface area (Å²) in [5.74, 6) is -0.472. The van der Waals surface area contributed by atoms with Crippen molar-refractivity contribution < 1.29 is 14.4 Å². The highest BCUT2D eigenvalue weighted by atomic mass is 16.5. The molecule has 0 fully saturated rings. The van der Waals surface area contributed by atoms with Crippen LogP contribution in [0.4, 0.5) is 0 Å². The van der Waals surface area contributed by atoms with Gasteiger partial charge >= 0.3 is 5.97 Å². The minimum Gasteiger partial charge on any atom is -0.476 e. The first-order valence-corrected chi connectivity index (χ1v) is 4.97. The summed E-state index contributed by atoms with van der Waals surface area (Å²) in [5.41, 5.74) is -0.0372. The van der Waals surface area contributed by atoms with E-state index in [0.717, 1.165) is 6.54 Å². The molecule has 0 saturated carbocycles. The van der Waals surface area contributed by atoms with E-state index in [1.807, 2.05) is 0 Å². The third-order valence-electron chi connectivity index (χ3n) is 2.27. The fraction of sp³-hybridized carbons (Fsp3) is 0.600. The molecule has 5 heteroatoms. The van der Waals surface area contributed by atoms with Gasteiger partial charge in [0.05, 0.1) is 6.54 Å². The largest absolute Gasteiger partial charge is 0.476 e. The standard InChI is InChI=1S/C10H16N2O3/c1-4-12(7(2)3)6-8-5-9(10(13)14)11-15-8/h5,7H,4,6H2,1-3H3,(H,13,14). The minimum atomic E-state index is -1.06. The summed E-state index contributed by atoms with van der Waals surface area (Å²) in [6.45, 7) is 7.69. The van der Waals surface area contributed by atoms with Crippen LogP contribution in [0.1, 0.15) is 37.0 Å². The van der Waals surface area contributed by atoms with Crippen LogP contribution < -0.4 is 0 Å².